The minimum absolute atomic E-state index is 0.0490. The molecule has 1 heterocycles. The number of benzene rings is 1. The van der Waals surface area contributed by atoms with Gasteiger partial charge in [0.05, 0.1) is 10.5 Å². The van der Waals surface area contributed by atoms with Gasteiger partial charge in [0, 0.05) is 12.6 Å². The van der Waals surface area contributed by atoms with Crippen LogP contribution in [0.1, 0.15) is 43.0 Å². The molecule has 6 heteroatoms. The summed E-state index contributed by atoms with van der Waals surface area (Å²) in [6.45, 7) is 2.54. The lowest BCUT2D eigenvalue weighted by atomic mass is 10.0. The van der Waals surface area contributed by atoms with Crippen LogP contribution in [0.15, 0.2) is 29.2 Å². The molecule has 1 aliphatic rings. The Balaban J connectivity index is 2.31. The second-order valence-electron chi connectivity index (χ2n) is 5.00. The van der Waals surface area contributed by atoms with E-state index < -0.39 is 16.0 Å². The molecule has 0 spiro atoms. The number of rotatable bonds is 4. The Morgan fingerprint density at radius 3 is 2.50 bits per heavy atom. The Kier molecular flexibility index (Phi) is 4.45. The molecule has 1 N–H and O–H groups in total. The van der Waals surface area contributed by atoms with Gasteiger partial charge in [-0.05, 0) is 43.5 Å². The van der Waals surface area contributed by atoms with E-state index in [9.17, 15) is 13.2 Å². The van der Waals surface area contributed by atoms with Crippen LogP contribution in [-0.2, 0) is 10.0 Å². The maximum absolute atomic E-state index is 12.6. The van der Waals surface area contributed by atoms with E-state index >= 15 is 0 Å². The maximum atomic E-state index is 12.6. The summed E-state index contributed by atoms with van der Waals surface area (Å²) in [4.78, 5) is 11.0. The van der Waals surface area contributed by atoms with Crippen LogP contribution in [-0.4, -0.2) is 36.4 Å². The van der Waals surface area contributed by atoms with Crippen LogP contribution in [0.4, 0.5) is 0 Å². The van der Waals surface area contributed by atoms with Crippen LogP contribution in [0, 0.1) is 0 Å². The molecular formula is C14H19NO4S. The van der Waals surface area contributed by atoms with Crippen LogP contribution >= 0.6 is 0 Å². The Labute approximate surface area is 119 Å². The highest BCUT2D eigenvalue weighted by Gasteiger charge is 2.32. The SMILES string of the molecule is CC[C@@H]1CCCCN1S(=O)(=O)c1ccc(C(=O)O)cc1. The first-order valence-corrected chi connectivity index (χ1v) is 8.26. The van der Waals surface area contributed by atoms with Crippen molar-refractivity contribution in [3.63, 3.8) is 0 Å². The fourth-order valence-electron chi connectivity index (χ4n) is 2.60. The zero-order valence-electron chi connectivity index (χ0n) is 11.4. The summed E-state index contributed by atoms with van der Waals surface area (Å²) in [5.74, 6) is -1.06. The van der Waals surface area contributed by atoms with Crippen molar-refractivity contribution in [2.45, 2.75) is 43.5 Å². The number of carboxylic acid groups (broad SMARTS) is 1. The number of hydrogen-bond acceptors (Lipinski definition) is 3. The average molecular weight is 297 g/mol. The summed E-state index contributed by atoms with van der Waals surface area (Å²) in [6.07, 6.45) is 3.63. The van der Waals surface area contributed by atoms with Gasteiger partial charge in [-0.1, -0.05) is 13.3 Å². The highest BCUT2D eigenvalue weighted by atomic mass is 32.2. The number of carbonyl (C=O) groups is 1. The zero-order valence-corrected chi connectivity index (χ0v) is 12.3. The molecular weight excluding hydrogens is 278 g/mol. The summed E-state index contributed by atoms with van der Waals surface area (Å²) in [7, 11) is -3.53. The molecule has 110 valence electrons. The van der Waals surface area contributed by atoms with Crippen LogP contribution < -0.4 is 0 Å². The van der Waals surface area contributed by atoms with Crippen molar-refractivity contribution in [2.75, 3.05) is 6.54 Å². The lowest BCUT2D eigenvalue weighted by Crippen LogP contribution is -2.43. The van der Waals surface area contributed by atoms with Crippen LogP contribution in [0.2, 0.25) is 0 Å². The molecule has 0 aromatic heterocycles. The van der Waals surface area contributed by atoms with Gasteiger partial charge < -0.3 is 5.11 Å². The first kappa shape index (κ1) is 15.0. The summed E-state index contributed by atoms with van der Waals surface area (Å²) in [6, 6.07) is 5.47. The van der Waals surface area contributed by atoms with Crippen molar-refractivity contribution in [1.82, 2.24) is 4.31 Å². The molecule has 5 nitrogen and oxygen atoms in total. The van der Waals surface area contributed by atoms with E-state index in [-0.39, 0.29) is 16.5 Å². The van der Waals surface area contributed by atoms with E-state index in [1.807, 2.05) is 6.92 Å². The van der Waals surface area contributed by atoms with Crippen molar-refractivity contribution < 1.29 is 18.3 Å². The van der Waals surface area contributed by atoms with Gasteiger partial charge in [-0.2, -0.15) is 4.31 Å². The predicted molar refractivity (Wildman–Crippen MR) is 75.2 cm³/mol. The third-order valence-corrected chi connectivity index (χ3v) is 5.72. The standard InChI is InChI=1S/C14H19NO4S/c1-2-12-5-3-4-10-15(12)20(18,19)13-8-6-11(7-9-13)14(16)17/h6-9,12H,2-5,10H2,1H3,(H,16,17)/t12-/m1/s1. The van der Waals surface area contributed by atoms with Gasteiger partial charge in [0.25, 0.3) is 0 Å². The van der Waals surface area contributed by atoms with E-state index in [0.717, 1.165) is 25.7 Å². The fraction of sp³-hybridized carbons (Fsp3) is 0.500. The quantitative estimate of drug-likeness (QED) is 0.925. The first-order chi connectivity index (χ1) is 9.46. The number of aromatic carboxylic acids is 1. The molecule has 1 aromatic rings. The van der Waals surface area contributed by atoms with Crippen LogP contribution in [0.5, 0.6) is 0 Å². The fourth-order valence-corrected chi connectivity index (χ4v) is 4.37. The van der Waals surface area contributed by atoms with E-state index in [1.165, 1.54) is 24.3 Å². The Bertz CT molecular complexity index is 580. The second-order valence-corrected chi connectivity index (χ2v) is 6.89. The summed E-state index contributed by atoms with van der Waals surface area (Å²) in [5.41, 5.74) is 0.0923. The number of hydrogen-bond donors (Lipinski definition) is 1. The van der Waals surface area contributed by atoms with Crippen molar-refractivity contribution >= 4 is 16.0 Å². The van der Waals surface area contributed by atoms with Crippen molar-refractivity contribution in [2.24, 2.45) is 0 Å². The van der Waals surface area contributed by atoms with Gasteiger partial charge in [-0.15, -0.1) is 0 Å². The first-order valence-electron chi connectivity index (χ1n) is 6.82. The van der Waals surface area contributed by atoms with E-state index in [4.69, 9.17) is 5.11 Å². The number of sulfonamides is 1. The summed E-state index contributed by atoms with van der Waals surface area (Å²) < 4.78 is 26.8. The molecule has 0 amide bonds. The van der Waals surface area contributed by atoms with E-state index in [0.29, 0.717) is 6.54 Å². The van der Waals surface area contributed by atoms with Gasteiger partial charge in [0.1, 0.15) is 0 Å². The Hall–Kier alpha value is -1.40. The van der Waals surface area contributed by atoms with Gasteiger partial charge >= 0.3 is 5.97 Å². The minimum Gasteiger partial charge on any atom is -0.478 e. The molecule has 1 fully saturated rings. The third kappa shape index (κ3) is 2.86. The Morgan fingerprint density at radius 2 is 1.95 bits per heavy atom. The van der Waals surface area contributed by atoms with Gasteiger partial charge in [-0.3, -0.25) is 0 Å². The lowest BCUT2D eigenvalue weighted by Gasteiger charge is -2.34. The largest absolute Gasteiger partial charge is 0.478 e. The van der Waals surface area contributed by atoms with Crippen LogP contribution in [0.25, 0.3) is 0 Å². The molecule has 0 aliphatic carbocycles. The molecule has 20 heavy (non-hydrogen) atoms. The molecule has 1 saturated heterocycles. The topological polar surface area (TPSA) is 74.7 Å². The molecule has 0 unspecified atom stereocenters. The molecule has 1 atom stereocenters. The molecule has 2 rings (SSSR count). The lowest BCUT2D eigenvalue weighted by molar-refractivity contribution is 0.0696. The minimum atomic E-state index is -3.53. The number of nitrogens with zero attached hydrogens (tertiary/aromatic N) is 1. The number of carboxylic acids is 1. The summed E-state index contributed by atoms with van der Waals surface area (Å²) in [5, 5.41) is 8.85. The van der Waals surface area contributed by atoms with Gasteiger partial charge in [-0.25, -0.2) is 13.2 Å². The van der Waals surface area contributed by atoms with E-state index in [1.54, 1.807) is 4.31 Å². The van der Waals surface area contributed by atoms with Crippen LogP contribution in [0.3, 0.4) is 0 Å². The Morgan fingerprint density at radius 1 is 1.30 bits per heavy atom. The second kappa shape index (κ2) is 5.93. The smallest absolute Gasteiger partial charge is 0.335 e. The van der Waals surface area contributed by atoms with E-state index in [2.05, 4.69) is 0 Å². The maximum Gasteiger partial charge on any atom is 0.335 e. The third-order valence-electron chi connectivity index (χ3n) is 3.75. The summed E-state index contributed by atoms with van der Waals surface area (Å²) >= 11 is 0. The normalized spacial score (nSPS) is 20.8. The zero-order chi connectivity index (χ0) is 14.8. The van der Waals surface area contributed by atoms with Crippen molar-refractivity contribution in [3.8, 4) is 0 Å². The number of piperidine rings is 1. The molecule has 0 saturated carbocycles. The molecule has 0 bridgehead atoms. The molecule has 0 radical (unpaired) electrons. The van der Waals surface area contributed by atoms with Crippen molar-refractivity contribution in [1.29, 1.82) is 0 Å². The van der Waals surface area contributed by atoms with Gasteiger partial charge in [0.2, 0.25) is 10.0 Å². The predicted octanol–water partition coefficient (Wildman–Crippen LogP) is 2.34. The van der Waals surface area contributed by atoms with Crippen molar-refractivity contribution in [3.05, 3.63) is 29.8 Å². The highest BCUT2D eigenvalue weighted by molar-refractivity contribution is 7.89. The molecule has 1 aliphatic heterocycles. The van der Waals surface area contributed by atoms with Gasteiger partial charge in [0.15, 0.2) is 0 Å². The highest BCUT2D eigenvalue weighted by Crippen LogP contribution is 2.27. The molecule has 1 aromatic carbocycles. The monoisotopic (exact) mass is 297 g/mol. The average Bonchev–Trinajstić information content (AvgIpc) is 2.47.